The van der Waals surface area contributed by atoms with Crippen molar-refractivity contribution >= 4 is 33.4 Å². The first-order valence-electron chi connectivity index (χ1n) is 8.36. The minimum atomic E-state index is -0.778. The van der Waals surface area contributed by atoms with Crippen LogP contribution in [0.1, 0.15) is 37.5 Å². The van der Waals surface area contributed by atoms with Crippen molar-refractivity contribution in [1.29, 1.82) is 0 Å². The standard InChI is InChI=1S/C18H21BrN4O3/c1-10-7-13(5-6-14(10)19)23-9-12(8-15(23)24)16(25)21-18(3,4)17-20-11(2)26-22-17/h5-7,12H,8-9H2,1-4H3,(H,21,25). The number of hydrogen-bond acceptors (Lipinski definition) is 5. The number of hydrogen-bond donors (Lipinski definition) is 1. The first-order chi connectivity index (χ1) is 12.2. The highest BCUT2D eigenvalue weighted by Gasteiger charge is 2.38. The highest BCUT2D eigenvalue weighted by Crippen LogP contribution is 2.29. The summed E-state index contributed by atoms with van der Waals surface area (Å²) in [6.45, 7) is 7.63. The summed E-state index contributed by atoms with van der Waals surface area (Å²) in [4.78, 5) is 31.0. The Morgan fingerprint density at radius 3 is 2.73 bits per heavy atom. The van der Waals surface area contributed by atoms with E-state index in [2.05, 4.69) is 31.4 Å². The number of halogens is 1. The molecule has 1 saturated heterocycles. The van der Waals surface area contributed by atoms with Gasteiger partial charge in [0.1, 0.15) is 0 Å². The maximum Gasteiger partial charge on any atom is 0.227 e. The molecule has 1 fully saturated rings. The molecule has 0 radical (unpaired) electrons. The molecule has 1 unspecified atom stereocenters. The zero-order valence-corrected chi connectivity index (χ0v) is 16.8. The van der Waals surface area contributed by atoms with Gasteiger partial charge in [-0.15, -0.1) is 0 Å². The van der Waals surface area contributed by atoms with E-state index in [-0.39, 0.29) is 18.2 Å². The minimum Gasteiger partial charge on any atom is -0.343 e. The molecule has 2 amide bonds. The van der Waals surface area contributed by atoms with E-state index in [1.807, 2.05) is 39.0 Å². The summed E-state index contributed by atoms with van der Waals surface area (Å²) in [5.74, 6) is 0.184. The van der Waals surface area contributed by atoms with Crippen molar-refractivity contribution in [3.05, 3.63) is 40.0 Å². The van der Waals surface area contributed by atoms with Crippen LogP contribution < -0.4 is 10.2 Å². The average molecular weight is 421 g/mol. The quantitative estimate of drug-likeness (QED) is 0.821. The zero-order chi connectivity index (χ0) is 19.1. The van der Waals surface area contributed by atoms with Gasteiger partial charge in [0.2, 0.25) is 17.7 Å². The zero-order valence-electron chi connectivity index (χ0n) is 15.2. The number of nitrogens with zero attached hydrogens (tertiary/aromatic N) is 3. The molecule has 2 heterocycles. The Balaban J connectivity index is 1.71. The molecule has 26 heavy (non-hydrogen) atoms. The predicted molar refractivity (Wildman–Crippen MR) is 99.5 cm³/mol. The number of benzene rings is 1. The van der Waals surface area contributed by atoms with E-state index in [9.17, 15) is 9.59 Å². The van der Waals surface area contributed by atoms with Crippen molar-refractivity contribution in [3.63, 3.8) is 0 Å². The summed E-state index contributed by atoms with van der Waals surface area (Å²) in [5, 5.41) is 6.81. The summed E-state index contributed by atoms with van der Waals surface area (Å²) in [6, 6.07) is 5.72. The van der Waals surface area contributed by atoms with Crippen LogP contribution in [0.25, 0.3) is 0 Å². The maximum atomic E-state index is 12.7. The topological polar surface area (TPSA) is 88.3 Å². The number of aryl methyl sites for hydroxylation is 2. The van der Waals surface area contributed by atoms with Gasteiger partial charge in [-0.05, 0) is 44.5 Å². The fraction of sp³-hybridized carbons (Fsp3) is 0.444. The molecular formula is C18H21BrN4O3. The van der Waals surface area contributed by atoms with Gasteiger partial charge in [-0.3, -0.25) is 9.59 Å². The van der Waals surface area contributed by atoms with E-state index >= 15 is 0 Å². The van der Waals surface area contributed by atoms with E-state index < -0.39 is 11.5 Å². The SMILES string of the molecule is Cc1nc(C(C)(C)NC(=O)C2CC(=O)N(c3ccc(Br)c(C)c3)C2)no1. The van der Waals surface area contributed by atoms with Crippen LogP contribution in [-0.2, 0) is 15.1 Å². The van der Waals surface area contributed by atoms with E-state index in [0.29, 0.717) is 18.3 Å². The Labute approximate surface area is 160 Å². The predicted octanol–water partition coefficient (Wildman–Crippen LogP) is 2.85. The fourth-order valence-electron chi connectivity index (χ4n) is 2.95. The number of nitrogens with one attached hydrogen (secondary N) is 1. The lowest BCUT2D eigenvalue weighted by Crippen LogP contribution is -2.45. The lowest BCUT2D eigenvalue weighted by molar-refractivity contribution is -0.127. The van der Waals surface area contributed by atoms with Crippen LogP contribution in [0, 0.1) is 19.8 Å². The third-order valence-corrected chi connectivity index (χ3v) is 5.36. The van der Waals surface area contributed by atoms with Gasteiger partial charge in [0.25, 0.3) is 0 Å². The highest BCUT2D eigenvalue weighted by atomic mass is 79.9. The highest BCUT2D eigenvalue weighted by molar-refractivity contribution is 9.10. The van der Waals surface area contributed by atoms with Crippen molar-refractivity contribution in [2.24, 2.45) is 5.92 Å². The fourth-order valence-corrected chi connectivity index (χ4v) is 3.20. The lowest BCUT2D eigenvalue weighted by Gasteiger charge is -2.24. The minimum absolute atomic E-state index is 0.0555. The van der Waals surface area contributed by atoms with Gasteiger partial charge in [0.05, 0.1) is 11.5 Å². The Morgan fingerprint density at radius 2 is 2.12 bits per heavy atom. The van der Waals surface area contributed by atoms with Crippen LogP contribution in [0.5, 0.6) is 0 Å². The third kappa shape index (κ3) is 3.65. The van der Waals surface area contributed by atoms with Crippen molar-refractivity contribution in [2.45, 2.75) is 39.7 Å². The number of anilines is 1. The van der Waals surface area contributed by atoms with Crippen molar-refractivity contribution in [1.82, 2.24) is 15.5 Å². The van der Waals surface area contributed by atoms with E-state index in [1.165, 1.54) is 0 Å². The molecule has 0 aliphatic carbocycles. The normalized spacial score (nSPS) is 17.7. The second kappa shape index (κ2) is 6.83. The monoisotopic (exact) mass is 420 g/mol. The number of aromatic nitrogens is 2. The maximum absolute atomic E-state index is 12.7. The van der Waals surface area contributed by atoms with Gasteiger partial charge in [0.15, 0.2) is 5.82 Å². The van der Waals surface area contributed by atoms with Crippen molar-refractivity contribution in [3.8, 4) is 0 Å². The van der Waals surface area contributed by atoms with Crippen LogP contribution in [0.4, 0.5) is 5.69 Å². The van der Waals surface area contributed by atoms with Crippen molar-refractivity contribution < 1.29 is 14.1 Å². The molecule has 1 atom stereocenters. The second-order valence-electron chi connectivity index (χ2n) is 7.09. The van der Waals surface area contributed by atoms with Gasteiger partial charge < -0.3 is 14.7 Å². The summed E-state index contributed by atoms with van der Waals surface area (Å²) in [5.41, 5.74) is 1.07. The molecule has 2 aromatic rings. The van der Waals surface area contributed by atoms with Gasteiger partial charge in [-0.25, -0.2) is 0 Å². The van der Waals surface area contributed by atoms with E-state index in [0.717, 1.165) is 15.7 Å². The second-order valence-corrected chi connectivity index (χ2v) is 7.94. The average Bonchev–Trinajstić information content (AvgIpc) is 3.16. The molecule has 0 bridgehead atoms. The molecule has 1 N–H and O–H groups in total. The summed E-state index contributed by atoms with van der Waals surface area (Å²) < 4.78 is 5.98. The summed E-state index contributed by atoms with van der Waals surface area (Å²) in [6.07, 6.45) is 0.183. The first kappa shape index (κ1) is 18.6. The number of rotatable bonds is 4. The van der Waals surface area contributed by atoms with Crippen LogP contribution in [-0.4, -0.2) is 28.5 Å². The molecule has 7 nitrogen and oxygen atoms in total. The lowest BCUT2D eigenvalue weighted by atomic mass is 10.0. The Kier molecular flexibility index (Phi) is 4.88. The first-order valence-corrected chi connectivity index (χ1v) is 9.16. The smallest absolute Gasteiger partial charge is 0.227 e. The molecule has 3 rings (SSSR count). The summed E-state index contributed by atoms with van der Waals surface area (Å²) >= 11 is 3.46. The Morgan fingerprint density at radius 1 is 1.38 bits per heavy atom. The number of carbonyl (C=O) groups is 2. The molecule has 8 heteroatoms. The van der Waals surface area contributed by atoms with Crippen LogP contribution in [0.2, 0.25) is 0 Å². The van der Waals surface area contributed by atoms with Gasteiger partial charge in [-0.2, -0.15) is 4.98 Å². The van der Waals surface area contributed by atoms with E-state index in [1.54, 1.807) is 11.8 Å². The molecule has 1 aliphatic heterocycles. The molecule has 1 aliphatic rings. The molecular weight excluding hydrogens is 400 g/mol. The summed E-state index contributed by atoms with van der Waals surface area (Å²) in [7, 11) is 0. The Hall–Kier alpha value is -2.22. The van der Waals surface area contributed by atoms with Gasteiger partial charge in [-0.1, -0.05) is 21.1 Å². The van der Waals surface area contributed by atoms with Crippen LogP contribution in [0.3, 0.4) is 0 Å². The molecule has 0 spiro atoms. The molecule has 1 aromatic heterocycles. The van der Waals surface area contributed by atoms with Gasteiger partial charge >= 0.3 is 0 Å². The third-order valence-electron chi connectivity index (χ3n) is 4.47. The van der Waals surface area contributed by atoms with Crippen molar-refractivity contribution in [2.75, 3.05) is 11.4 Å². The number of carbonyl (C=O) groups excluding carboxylic acids is 2. The van der Waals surface area contributed by atoms with Crippen LogP contribution >= 0.6 is 15.9 Å². The largest absolute Gasteiger partial charge is 0.343 e. The molecule has 1 aromatic carbocycles. The van der Waals surface area contributed by atoms with Crippen LogP contribution in [0.15, 0.2) is 27.2 Å². The number of amides is 2. The molecule has 138 valence electrons. The molecule has 0 saturated carbocycles. The van der Waals surface area contributed by atoms with E-state index in [4.69, 9.17) is 4.52 Å². The Bertz CT molecular complexity index is 862. The van der Waals surface area contributed by atoms with Gasteiger partial charge in [0, 0.05) is 30.0 Å².